The number of aromatic hydroxyl groups is 1. The number of phenolic OH excluding ortho intramolecular Hbond substituents is 1. The van der Waals surface area contributed by atoms with Gasteiger partial charge in [0.05, 0.1) is 24.9 Å². The van der Waals surface area contributed by atoms with Crippen molar-refractivity contribution in [1.29, 1.82) is 0 Å². The molecule has 37 heavy (non-hydrogen) atoms. The van der Waals surface area contributed by atoms with Crippen LogP contribution in [0.25, 0.3) is 33.1 Å². The van der Waals surface area contributed by atoms with E-state index in [-0.39, 0.29) is 12.4 Å². The van der Waals surface area contributed by atoms with Gasteiger partial charge in [0.15, 0.2) is 0 Å². The van der Waals surface area contributed by atoms with Crippen LogP contribution in [-0.4, -0.2) is 44.5 Å². The fourth-order valence-electron chi connectivity index (χ4n) is 5.51. The highest BCUT2D eigenvalue weighted by atomic mass is 16.5. The zero-order valence-corrected chi connectivity index (χ0v) is 20.5. The Balaban J connectivity index is 1.41. The van der Waals surface area contributed by atoms with Crippen LogP contribution in [0.2, 0.25) is 0 Å². The topological polar surface area (TPSA) is 111 Å². The van der Waals surface area contributed by atoms with Gasteiger partial charge in [-0.05, 0) is 67.3 Å². The number of pyridine rings is 1. The van der Waals surface area contributed by atoms with Crippen molar-refractivity contribution in [2.45, 2.75) is 31.0 Å². The molecule has 0 radical (unpaired) electrons. The summed E-state index contributed by atoms with van der Waals surface area (Å²) in [5.74, 6) is 0.876. The van der Waals surface area contributed by atoms with Crippen molar-refractivity contribution in [3.8, 4) is 22.8 Å². The van der Waals surface area contributed by atoms with Gasteiger partial charge in [-0.2, -0.15) is 0 Å². The third-order valence-electron chi connectivity index (χ3n) is 7.50. The van der Waals surface area contributed by atoms with Gasteiger partial charge >= 0.3 is 0 Å². The molecule has 1 aliphatic carbocycles. The monoisotopic (exact) mass is 495 g/mol. The average molecular weight is 496 g/mol. The molecule has 0 amide bonds. The summed E-state index contributed by atoms with van der Waals surface area (Å²) >= 11 is 0. The summed E-state index contributed by atoms with van der Waals surface area (Å²) in [7, 11) is 1.61. The quantitative estimate of drug-likeness (QED) is 0.220. The standard InChI is InChI=1S/C30H29N3O4/c1-37-20-8-10-26-22(14-20)23(15-28(32-26)18-5-3-2-4-6-18)29(36)33-30(17-34)12-11-27-24(16-30)21-13-19(35)7-9-25(21)31-27/h2-10,13-15,29,31,33-36H,11-12,16-17H2,1H3. The molecule has 5 N–H and O–H groups in total. The summed E-state index contributed by atoms with van der Waals surface area (Å²) in [6, 6.07) is 22.7. The van der Waals surface area contributed by atoms with Gasteiger partial charge in [-0.15, -0.1) is 0 Å². The molecular weight excluding hydrogens is 466 g/mol. The Morgan fingerprint density at radius 3 is 2.68 bits per heavy atom. The molecule has 5 aromatic rings. The maximum Gasteiger partial charge on any atom is 0.132 e. The van der Waals surface area contributed by atoms with Crippen LogP contribution in [0.3, 0.4) is 0 Å². The van der Waals surface area contributed by atoms with Gasteiger partial charge in [-0.3, -0.25) is 5.32 Å². The summed E-state index contributed by atoms with van der Waals surface area (Å²) in [6.07, 6.45) is 0.805. The fourth-order valence-corrected chi connectivity index (χ4v) is 5.51. The first-order valence-corrected chi connectivity index (χ1v) is 12.4. The van der Waals surface area contributed by atoms with Crippen molar-refractivity contribution < 1.29 is 20.1 Å². The number of aromatic nitrogens is 2. The van der Waals surface area contributed by atoms with E-state index in [0.29, 0.717) is 30.6 Å². The molecule has 0 fully saturated rings. The molecule has 0 saturated heterocycles. The van der Waals surface area contributed by atoms with E-state index in [1.807, 2.05) is 60.7 Å². The van der Waals surface area contributed by atoms with Gasteiger partial charge in [0.1, 0.15) is 17.7 Å². The normalized spacial score (nSPS) is 18.1. The van der Waals surface area contributed by atoms with E-state index in [1.54, 1.807) is 19.2 Å². The molecule has 6 rings (SSSR count). The molecule has 188 valence electrons. The second-order valence-electron chi connectivity index (χ2n) is 9.82. The number of nitrogens with zero attached hydrogens (tertiary/aromatic N) is 1. The lowest BCUT2D eigenvalue weighted by molar-refractivity contribution is 0.0511. The van der Waals surface area contributed by atoms with Gasteiger partial charge in [0.25, 0.3) is 0 Å². The molecule has 7 nitrogen and oxygen atoms in total. The van der Waals surface area contributed by atoms with E-state index >= 15 is 0 Å². The lowest BCUT2D eigenvalue weighted by Gasteiger charge is -2.39. The van der Waals surface area contributed by atoms with E-state index in [4.69, 9.17) is 9.72 Å². The second kappa shape index (κ2) is 9.19. The van der Waals surface area contributed by atoms with Crippen molar-refractivity contribution >= 4 is 21.8 Å². The van der Waals surface area contributed by atoms with Gasteiger partial charge in [-0.25, -0.2) is 4.98 Å². The summed E-state index contributed by atoms with van der Waals surface area (Å²) in [5.41, 5.74) is 5.48. The van der Waals surface area contributed by atoms with Crippen LogP contribution < -0.4 is 10.1 Å². The molecular formula is C30H29N3O4. The number of aryl methyl sites for hydroxylation is 1. The number of fused-ring (bicyclic) bond motifs is 4. The number of aromatic amines is 1. The first-order chi connectivity index (χ1) is 18.0. The van der Waals surface area contributed by atoms with Crippen molar-refractivity contribution in [2.75, 3.05) is 13.7 Å². The number of methoxy groups -OCH3 is 1. The second-order valence-corrected chi connectivity index (χ2v) is 9.82. The highest BCUT2D eigenvalue weighted by molar-refractivity contribution is 5.87. The SMILES string of the molecule is COc1ccc2nc(-c3ccccc3)cc(C(O)NC3(CO)CCc4[nH]c5ccc(O)cc5c4C3)c2c1. The maximum atomic E-state index is 11.6. The number of hydrogen-bond donors (Lipinski definition) is 5. The van der Waals surface area contributed by atoms with Crippen LogP contribution >= 0.6 is 0 Å². The molecule has 2 heterocycles. The van der Waals surface area contributed by atoms with Crippen molar-refractivity contribution in [3.63, 3.8) is 0 Å². The molecule has 7 heteroatoms. The molecule has 0 bridgehead atoms. The predicted molar refractivity (Wildman–Crippen MR) is 144 cm³/mol. The lowest BCUT2D eigenvalue weighted by atomic mass is 9.79. The van der Waals surface area contributed by atoms with Crippen molar-refractivity contribution in [2.24, 2.45) is 0 Å². The Hall–Kier alpha value is -3.91. The average Bonchev–Trinajstić information content (AvgIpc) is 3.29. The Morgan fingerprint density at radius 1 is 1.05 bits per heavy atom. The van der Waals surface area contributed by atoms with Crippen LogP contribution in [0.5, 0.6) is 11.5 Å². The van der Waals surface area contributed by atoms with Crippen LogP contribution in [0.15, 0.2) is 72.8 Å². The summed E-state index contributed by atoms with van der Waals surface area (Å²) in [6.45, 7) is -0.146. The minimum absolute atomic E-state index is 0.146. The van der Waals surface area contributed by atoms with E-state index in [0.717, 1.165) is 44.3 Å². The molecule has 0 saturated carbocycles. The fraction of sp³-hybridized carbons (Fsp3) is 0.233. The zero-order chi connectivity index (χ0) is 25.6. The van der Waals surface area contributed by atoms with E-state index in [2.05, 4.69) is 10.3 Å². The van der Waals surface area contributed by atoms with Gasteiger partial charge in [0.2, 0.25) is 0 Å². The molecule has 0 aliphatic heterocycles. The number of hydrogen-bond acceptors (Lipinski definition) is 6. The van der Waals surface area contributed by atoms with Crippen LogP contribution in [-0.2, 0) is 12.8 Å². The third-order valence-corrected chi connectivity index (χ3v) is 7.50. The summed E-state index contributed by atoms with van der Waals surface area (Å²) < 4.78 is 5.45. The summed E-state index contributed by atoms with van der Waals surface area (Å²) in [4.78, 5) is 8.29. The highest BCUT2D eigenvalue weighted by Crippen LogP contribution is 2.37. The number of ether oxygens (including phenoxy) is 1. The number of phenols is 1. The minimum Gasteiger partial charge on any atom is -0.508 e. The number of benzene rings is 3. The number of rotatable bonds is 6. The van der Waals surface area contributed by atoms with E-state index < -0.39 is 11.8 Å². The molecule has 0 spiro atoms. The molecule has 2 unspecified atom stereocenters. The predicted octanol–water partition coefficient (Wildman–Crippen LogP) is 4.60. The number of H-pyrrole nitrogens is 1. The molecule has 2 aromatic heterocycles. The Kier molecular flexibility index (Phi) is 5.83. The first kappa shape index (κ1) is 23.5. The molecule has 3 aromatic carbocycles. The number of aliphatic hydroxyl groups excluding tert-OH is 2. The minimum atomic E-state index is -1.06. The van der Waals surface area contributed by atoms with Crippen molar-refractivity contribution in [1.82, 2.24) is 15.3 Å². The first-order valence-electron chi connectivity index (χ1n) is 12.4. The van der Waals surface area contributed by atoms with Gasteiger partial charge < -0.3 is 25.0 Å². The van der Waals surface area contributed by atoms with Gasteiger partial charge in [0, 0.05) is 38.6 Å². The van der Waals surface area contributed by atoms with Crippen LogP contribution in [0.4, 0.5) is 0 Å². The Labute approximate surface area is 214 Å². The largest absolute Gasteiger partial charge is 0.508 e. The maximum absolute atomic E-state index is 11.6. The van der Waals surface area contributed by atoms with Crippen LogP contribution in [0.1, 0.15) is 29.5 Å². The van der Waals surface area contributed by atoms with Crippen LogP contribution in [0, 0.1) is 0 Å². The smallest absolute Gasteiger partial charge is 0.132 e. The van der Waals surface area contributed by atoms with Crippen molar-refractivity contribution in [3.05, 3.63) is 89.6 Å². The Bertz CT molecular complexity index is 1600. The van der Waals surface area contributed by atoms with E-state index in [9.17, 15) is 15.3 Å². The molecule has 2 atom stereocenters. The highest BCUT2D eigenvalue weighted by Gasteiger charge is 2.37. The number of nitrogens with one attached hydrogen (secondary N) is 2. The summed E-state index contributed by atoms with van der Waals surface area (Å²) in [5, 5.41) is 37.4. The third kappa shape index (κ3) is 4.21. The Morgan fingerprint density at radius 2 is 1.89 bits per heavy atom. The lowest BCUT2D eigenvalue weighted by Crippen LogP contribution is -2.53. The zero-order valence-electron chi connectivity index (χ0n) is 20.5. The number of aliphatic hydroxyl groups is 2. The molecule has 1 aliphatic rings. The van der Waals surface area contributed by atoms with E-state index in [1.165, 1.54) is 0 Å². The van der Waals surface area contributed by atoms with Gasteiger partial charge in [-0.1, -0.05) is 30.3 Å².